The number of rotatable bonds is 2. The summed E-state index contributed by atoms with van der Waals surface area (Å²) in [6.45, 7) is 0. The standard InChI is InChI=1S/C15H14.CH3Br/c1-2-4-12(5-3-1)13-6-8-14(9-7-13)15-10-11-15;1-2/h1-9,15H,10-11H2;1H3. The Hall–Kier alpha value is -1.08. The zero-order valence-corrected chi connectivity index (χ0v) is 11.7. The number of benzene rings is 2. The van der Waals surface area contributed by atoms with Crippen molar-refractivity contribution in [3.8, 4) is 11.1 Å². The Bertz CT molecular complexity index is 441. The van der Waals surface area contributed by atoms with E-state index in [4.69, 9.17) is 0 Å². The van der Waals surface area contributed by atoms with Gasteiger partial charge >= 0.3 is 0 Å². The van der Waals surface area contributed by atoms with Gasteiger partial charge in [0.15, 0.2) is 0 Å². The minimum absolute atomic E-state index is 0.856. The molecule has 2 aromatic rings. The molecule has 0 nitrogen and oxygen atoms in total. The van der Waals surface area contributed by atoms with Gasteiger partial charge in [0.25, 0.3) is 0 Å². The van der Waals surface area contributed by atoms with Gasteiger partial charge in [-0.3, -0.25) is 0 Å². The minimum atomic E-state index is 0.856. The largest absolute Gasteiger partial charge is 0.0966 e. The quantitative estimate of drug-likeness (QED) is 0.663. The Labute approximate surface area is 112 Å². The van der Waals surface area contributed by atoms with Crippen molar-refractivity contribution in [2.75, 3.05) is 5.83 Å². The van der Waals surface area contributed by atoms with E-state index in [2.05, 4.69) is 70.5 Å². The zero-order chi connectivity index (χ0) is 12.1. The molecule has 0 N–H and O–H groups in total. The fourth-order valence-corrected chi connectivity index (χ4v) is 2.00. The third-order valence-corrected chi connectivity index (χ3v) is 3.07. The summed E-state index contributed by atoms with van der Waals surface area (Å²) in [7, 11) is 0. The van der Waals surface area contributed by atoms with Gasteiger partial charge in [0.2, 0.25) is 0 Å². The second-order valence-corrected chi connectivity index (χ2v) is 4.26. The monoisotopic (exact) mass is 288 g/mol. The van der Waals surface area contributed by atoms with E-state index in [-0.39, 0.29) is 0 Å². The van der Waals surface area contributed by atoms with Crippen molar-refractivity contribution in [2.24, 2.45) is 0 Å². The first-order valence-corrected chi connectivity index (χ1v) is 7.55. The second-order valence-electron chi connectivity index (χ2n) is 4.26. The molecule has 1 heteroatoms. The van der Waals surface area contributed by atoms with E-state index in [1.807, 2.05) is 5.83 Å². The molecule has 0 saturated heterocycles. The van der Waals surface area contributed by atoms with E-state index in [0.717, 1.165) is 5.92 Å². The molecule has 88 valence electrons. The molecular formula is C16H17Br. The number of hydrogen-bond acceptors (Lipinski definition) is 0. The molecule has 0 amide bonds. The Morgan fingerprint density at radius 2 is 1.29 bits per heavy atom. The molecule has 0 bridgehead atoms. The van der Waals surface area contributed by atoms with E-state index in [0.29, 0.717) is 0 Å². The molecular weight excluding hydrogens is 272 g/mol. The third-order valence-electron chi connectivity index (χ3n) is 3.07. The molecule has 0 radical (unpaired) electrons. The van der Waals surface area contributed by atoms with Crippen LogP contribution in [0, 0.1) is 0 Å². The first-order valence-electron chi connectivity index (χ1n) is 5.97. The molecule has 2 aromatic carbocycles. The van der Waals surface area contributed by atoms with Gasteiger partial charge in [-0.15, -0.1) is 0 Å². The summed E-state index contributed by atoms with van der Waals surface area (Å²) in [5.41, 5.74) is 4.13. The van der Waals surface area contributed by atoms with Gasteiger partial charge < -0.3 is 0 Å². The fraction of sp³-hybridized carbons (Fsp3) is 0.250. The lowest BCUT2D eigenvalue weighted by molar-refractivity contribution is 1.13. The summed E-state index contributed by atoms with van der Waals surface area (Å²) in [5, 5.41) is 0. The van der Waals surface area contributed by atoms with Crippen molar-refractivity contribution in [2.45, 2.75) is 18.8 Å². The first-order chi connectivity index (χ1) is 8.43. The highest BCUT2D eigenvalue weighted by Crippen LogP contribution is 2.40. The molecule has 1 fully saturated rings. The Morgan fingerprint density at radius 3 is 1.82 bits per heavy atom. The van der Waals surface area contributed by atoms with Gasteiger partial charge in [0.1, 0.15) is 0 Å². The lowest BCUT2D eigenvalue weighted by Crippen LogP contribution is -1.80. The highest BCUT2D eigenvalue weighted by Gasteiger charge is 2.22. The molecule has 0 aromatic heterocycles. The van der Waals surface area contributed by atoms with Crippen LogP contribution < -0.4 is 0 Å². The van der Waals surface area contributed by atoms with Gasteiger partial charge in [-0.1, -0.05) is 70.5 Å². The van der Waals surface area contributed by atoms with E-state index in [1.54, 1.807) is 0 Å². The van der Waals surface area contributed by atoms with Crippen LogP contribution in [0.5, 0.6) is 0 Å². The topological polar surface area (TPSA) is 0 Å². The van der Waals surface area contributed by atoms with Crippen LogP contribution in [0.2, 0.25) is 0 Å². The van der Waals surface area contributed by atoms with Crippen molar-refractivity contribution in [1.29, 1.82) is 0 Å². The molecule has 1 aliphatic carbocycles. The molecule has 0 atom stereocenters. The van der Waals surface area contributed by atoms with E-state index in [9.17, 15) is 0 Å². The predicted molar refractivity (Wildman–Crippen MR) is 78.7 cm³/mol. The molecule has 3 rings (SSSR count). The molecule has 0 heterocycles. The summed E-state index contributed by atoms with van der Waals surface area (Å²) in [6.07, 6.45) is 2.76. The lowest BCUT2D eigenvalue weighted by atomic mass is 10.0. The van der Waals surface area contributed by atoms with Crippen LogP contribution in [0.4, 0.5) is 0 Å². The highest BCUT2D eigenvalue weighted by atomic mass is 79.9. The van der Waals surface area contributed by atoms with Crippen molar-refractivity contribution < 1.29 is 0 Å². The maximum atomic E-state index is 2.94. The van der Waals surface area contributed by atoms with Gasteiger partial charge in [0, 0.05) is 0 Å². The van der Waals surface area contributed by atoms with Crippen LogP contribution in [0.15, 0.2) is 54.6 Å². The maximum absolute atomic E-state index is 2.94. The van der Waals surface area contributed by atoms with Crippen LogP contribution >= 0.6 is 15.9 Å². The van der Waals surface area contributed by atoms with Crippen molar-refractivity contribution >= 4 is 15.9 Å². The lowest BCUT2D eigenvalue weighted by Gasteiger charge is -2.03. The van der Waals surface area contributed by atoms with E-state index >= 15 is 0 Å². The third kappa shape index (κ3) is 3.19. The maximum Gasteiger partial charge on any atom is -0.00848 e. The molecule has 17 heavy (non-hydrogen) atoms. The summed E-state index contributed by atoms with van der Waals surface area (Å²) in [4.78, 5) is 0. The van der Waals surface area contributed by atoms with Crippen LogP contribution in [-0.4, -0.2) is 5.83 Å². The Kier molecular flexibility index (Phi) is 4.38. The van der Waals surface area contributed by atoms with Crippen LogP contribution in [0.3, 0.4) is 0 Å². The first kappa shape index (κ1) is 12.4. The average molecular weight is 289 g/mol. The summed E-state index contributed by atoms with van der Waals surface area (Å²) < 4.78 is 0. The van der Waals surface area contributed by atoms with Crippen molar-refractivity contribution in [3.63, 3.8) is 0 Å². The molecule has 0 spiro atoms. The zero-order valence-electron chi connectivity index (χ0n) is 10.1. The second kappa shape index (κ2) is 6.02. The molecule has 1 aliphatic rings. The summed E-state index contributed by atoms with van der Waals surface area (Å²) >= 11 is 2.94. The average Bonchev–Trinajstić information content (AvgIpc) is 3.27. The predicted octanol–water partition coefficient (Wildman–Crippen LogP) is 5.24. The van der Waals surface area contributed by atoms with E-state index < -0.39 is 0 Å². The smallest absolute Gasteiger partial charge is 0.00848 e. The normalized spacial score (nSPS) is 13.8. The van der Waals surface area contributed by atoms with Crippen LogP contribution in [0.1, 0.15) is 24.3 Å². The van der Waals surface area contributed by atoms with Gasteiger partial charge in [-0.05, 0) is 41.3 Å². The van der Waals surface area contributed by atoms with E-state index in [1.165, 1.54) is 29.5 Å². The minimum Gasteiger partial charge on any atom is -0.0966 e. The van der Waals surface area contributed by atoms with Gasteiger partial charge in [0.05, 0.1) is 0 Å². The highest BCUT2D eigenvalue weighted by molar-refractivity contribution is 9.08. The molecule has 0 aliphatic heterocycles. The molecule has 1 saturated carbocycles. The fourth-order valence-electron chi connectivity index (χ4n) is 2.00. The number of hydrogen-bond donors (Lipinski definition) is 0. The van der Waals surface area contributed by atoms with Crippen molar-refractivity contribution in [3.05, 3.63) is 60.2 Å². The Balaban J connectivity index is 0.000000514. The number of halogens is 1. The summed E-state index contributed by atoms with van der Waals surface area (Å²) in [5.74, 6) is 2.67. The molecule has 0 unspecified atom stereocenters. The van der Waals surface area contributed by atoms with Crippen LogP contribution in [0.25, 0.3) is 11.1 Å². The Morgan fingerprint density at radius 1 is 0.765 bits per heavy atom. The van der Waals surface area contributed by atoms with Crippen LogP contribution in [-0.2, 0) is 0 Å². The number of alkyl halides is 1. The van der Waals surface area contributed by atoms with Gasteiger partial charge in [-0.2, -0.15) is 0 Å². The summed E-state index contributed by atoms with van der Waals surface area (Å²) in [6, 6.07) is 19.6. The van der Waals surface area contributed by atoms with Crippen molar-refractivity contribution in [1.82, 2.24) is 0 Å². The SMILES string of the molecule is CBr.c1ccc(-c2ccc(C3CC3)cc2)cc1. The van der Waals surface area contributed by atoms with Gasteiger partial charge in [-0.25, -0.2) is 0 Å².